The number of rotatable bonds is 6. The van der Waals surface area contributed by atoms with E-state index in [2.05, 4.69) is 43.3 Å². The molecule has 1 heterocycles. The SMILES string of the molecule is COc1cc([C@H]2[C@@H]3CCCC[C@@]3(O)CC[NH+]2Cc2ccc(C)cc2)cc(OC)c1OC. The van der Waals surface area contributed by atoms with E-state index >= 15 is 0 Å². The van der Waals surface area contributed by atoms with Crippen LogP contribution in [0.25, 0.3) is 0 Å². The Hall–Kier alpha value is -2.24. The van der Waals surface area contributed by atoms with E-state index in [4.69, 9.17) is 14.2 Å². The standard InChI is InChI=1S/C26H35NO4/c1-18-8-10-19(11-9-18)17-27-14-13-26(28)12-6-5-7-21(26)24(27)20-15-22(29-2)25(31-4)23(16-20)30-3/h8-11,15-16,21,24,28H,5-7,12-14,17H2,1-4H3/p+1/t21-,24-,26+/m0/s1. The minimum absolute atomic E-state index is 0.175. The predicted molar refractivity (Wildman–Crippen MR) is 121 cm³/mol. The molecule has 4 rings (SSSR count). The van der Waals surface area contributed by atoms with Crippen molar-refractivity contribution in [2.24, 2.45) is 5.92 Å². The first-order valence-electron chi connectivity index (χ1n) is 11.4. The summed E-state index contributed by atoms with van der Waals surface area (Å²) in [4.78, 5) is 1.50. The summed E-state index contributed by atoms with van der Waals surface area (Å²) in [5, 5.41) is 11.6. The van der Waals surface area contributed by atoms with Crippen LogP contribution in [0.4, 0.5) is 0 Å². The van der Waals surface area contributed by atoms with Crippen LogP contribution >= 0.6 is 0 Å². The van der Waals surface area contributed by atoms with Gasteiger partial charge in [0.25, 0.3) is 0 Å². The van der Waals surface area contributed by atoms with Gasteiger partial charge in [-0.2, -0.15) is 0 Å². The number of hydrogen-bond donors (Lipinski definition) is 2. The predicted octanol–water partition coefficient (Wildman–Crippen LogP) is 3.47. The number of aliphatic hydroxyl groups is 1. The van der Waals surface area contributed by atoms with Crippen molar-refractivity contribution in [1.82, 2.24) is 0 Å². The summed E-state index contributed by atoms with van der Waals surface area (Å²) in [6, 6.07) is 13.2. The minimum atomic E-state index is -0.583. The molecule has 1 aliphatic carbocycles. The molecule has 1 saturated carbocycles. The van der Waals surface area contributed by atoms with Crippen molar-refractivity contribution >= 4 is 0 Å². The number of quaternary nitrogens is 1. The van der Waals surface area contributed by atoms with E-state index in [9.17, 15) is 5.11 Å². The second kappa shape index (κ2) is 9.09. The van der Waals surface area contributed by atoms with Gasteiger partial charge < -0.3 is 24.2 Å². The van der Waals surface area contributed by atoms with Crippen LogP contribution in [0.15, 0.2) is 36.4 Å². The van der Waals surface area contributed by atoms with E-state index in [-0.39, 0.29) is 12.0 Å². The first kappa shape index (κ1) is 22.0. The summed E-state index contributed by atoms with van der Waals surface area (Å²) in [6.07, 6.45) is 5.10. The molecule has 2 N–H and O–H groups in total. The number of fused-ring (bicyclic) bond motifs is 1. The van der Waals surface area contributed by atoms with E-state index in [1.807, 2.05) is 0 Å². The monoisotopic (exact) mass is 426 g/mol. The summed E-state index contributed by atoms with van der Waals surface area (Å²) < 4.78 is 16.9. The fourth-order valence-electron chi connectivity index (χ4n) is 5.77. The van der Waals surface area contributed by atoms with E-state index in [0.717, 1.165) is 44.3 Å². The molecule has 2 aromatic rings. The van der Waals surface area contributed by atoms with Crippen molar-refractivity contribution in [3.63, 3.8) is 0 Å². The number of piperidine rings is 1. The van der Waals surface area contributed by atoms with Gasteiger partial charge in [0.2, 0.25) is 5.75 Å². The third-order valence-electron chi connectivity index (χ3n) is 7.38. The fraction of sp³-hybridized carbons (Fsp3) is 0.538. The molecule has 2 aliphatic rings. The Kier molecular flexibility index (Phi) is 6.44. The zero-order valence-electron chi connectivity index (χ0n) is 19.2. The molecule has 168 valence electrons. The van der Waals surface area contributed by atoms with Gasteiger partial charge in [0.05, 0.1) is 33.5 Å². The van der Waals surface area contributed by atoms with Crippen LogP contribution in [0.2, 0.25) is 0 Å². The first-order valence-corrected chi connectivity index (χ1v) is 11.4. The second-order valence-corrected chi connectivity index (χ2v) is 9.21. The highest BCUT2D eigenvalue weighted by Gasteiger charge is 2.51. The van der Waals surface area contributed by atoms with Crippen LogP contribution in [-0.2, 0) is 6.54 Å². The number of methoxy groups -OCH3 is 3. The second-order valence-electron chi connectivity index (χ2n) is 9.21. The van der Waals surface area contributed by atoms with Crippen LogP contribution in [0.3, 0.4) is 0 Å². The molecular formula is C26H36NO4+. The first-order chi connectivity index (χ1) is 15.0. The van der Waals surface area contributed by atoms with Crippen LogP contribution in [0, 0.1) is 12.8 Å². The largest absolute Gasteiger partial charge is 0.493 e. The van der Waals surface area contributed by atoms with Crippen LogP contribution in [-0.4, -0.2) is 38.6 Å². The summed E-state index contributed by atoms with van der Waals surface area (Å²) >= 11 is 0. The van der Waals surface area contributed by atoms with Gasteiger partial charge in [0.1, 0.15) is 12.6 Å². The van der Waals surface area contributed by atoms with Gasteiger partial charge in [-0.1, -0.05) is 42.7 Å². The Morgan fingerprint density at radius 3 is 2.26 bits per heavy atom. The summed E-state index contributed by atoms with van der Waals surface area (Å²) in [6.45, 7) is 4.01. The fourth-order valence-corrected chi connectivity index (χ4v) is 5.77. The van der Waals surface area contributed by atoms with E-state index in [1.165, 1.54) is 22.4 Å². The van der Waals surface area contributed by atoms with Crippen molar-refractivity contribution < 1.29 is 24.2 Å². The van der Waals surface area contributed by atoms with Crippen molar-refractivity contribution in [3.8, 4) is 17.2 Å². The molecule has 0 aromatic heterocycles. The Balaban J connectivity index is 1.77. The lowest BCUT2D eigenvalue weighted by atomic mass is 9.66. The maximum Gasteiger partial charge on any atom is 0.203 e. The minimum Gasteiger partial charge on any atom is -0.493 e. The Labute approximate surface area is 185 Å². The molecule has 1 unspecified atom stereocenters. The van der Waals surface area contributed by atoms with E-state index in [1.54, 1.807) is 21.3 Å². The van der Waals surface area contributed by atoms with Gasteiger partial charge in [-0.15, -0.1) is 0 Å². The van der Waals surface area contributed by atoms with Crippen molar-refractivity contribution in [2.75, 3.05) is 27.9 Å². The Bertz CT molecular complexity index is 872. The average molecular weight is 427 g/mol. The Morgan fingerprint density at radius 2 is 1.65 bits per heavy atom. The topological polar surface area (TPSA) is 52.4 Å². The lowest BCUT2D eigenvalue weighted by Gasteiger charge is -2.50. The van der Waals surface area contributed by atoms with Crippen LogP contribution in [0.1, 0.15) is 54.8 Å². The smallest absolute Gasteiger partial charge is 0.203 e. The highest BCUT2D eigenvalue weighted by Crippen LogP contribution is 2.47. The van der Waals surface area contributed by atoms with Gasteiger partial charge in [0.15, 0.2) is 11.5 Å². The molecule has 31 heavy (non-hydrogen) atoms. The van der Waals surface area contributed by atoms with Crippen LogP contribution in [0.5, 0.6) is 17.2 Å². The molecule has 1 aliphatic heterocycles. The van der Waals surface area contributed by atoms with Gasteiger partial charge >= 0.3 is 0 Å². The number of likely N-dealkylation sites (tertiary alicyclic amines) is 1. The molecule has 5 nitrogen and oxygen atoms in total. The number of nitrogens with one attached hydrogen (secondary N) is 1. The van der Waals surface area contributed by atoms with Gasteiger partial charge in [-0.3, -0.25) is 0 Å². The maximum absolute atomic E-state index is 11.6. The molecule has 0 amide bonds. The van der Waals surface area contributed by atoms with Crippen molar-refractivity contribution in [3.05, 3.63) is 53.1 Å². The highest BCUT2D eigenvalue weighted by molar-refractivity contribution is 5.54. The maximum atomic E-state index is 11.6. The quantitative estimate of drug-likeness (QED) is 0.743. The lowest BCUT2D eigenvalue weighted by Crippen LogP contribution is -3.13. The average Bonchev–Trinajstić information content (AvgIpc) is 2.79. The molecule has 1 saturated heterocycles. The van der Waals surface area contributed by atoms with Gasteiger partial charge in [-0.25, -0.2) is 0 Å². The summed E-state index contributed by atoms with van der Waals surface area (Å²) in [5.74, 6) is 2.19. The summed E-state index contributed by atoms with van der Waals surface area (Å²) in [7, 11) is 4.96. The highest BCUT2D eigenvalue weighted by atomic mass is 16.5. The normalized spacial score (nSPS) is 28.0. The zero-order chi connectivity index (χ0) is 22.0. The zero-order valence-corrected chi connectivity index (χ0v) is 19.2. The number of hydrogen-bond acceptors (Lipinski definition) is 4. The molecule has 0 radical (unpaired) electrons. The molecule has 2 aromatic carbocycles. The lowest BCUT2D eigenvalue weighted by molar-refractivity contribution is -0.958. The molecular weight excluding hydrogens is 390 g/mol. The van der Waals surface area contributed by atoms with E-state index in [0.29, 0.717) is 17.2 Å². The van der Waals surface area contributed by atoms with Gasteiger partial charge in [-0.05, 0) is 31.9 Å². The molecule has 0 spiro atoms. The Morgan fingerprint density at radius 1 is 0.968 bits per heavy atom. The third kappa shape index (κ3) is 4.26. The molecule has 2 fully saturated rings. The number of benzene rings is 2. The van der Waals surface area contributed by atoms with Crippen LogP contribution < -0.4 is 19.1 Å². The third-order valence-corrected chi connectivity index (χ3v) is 7.38. The van der Waals surface area contributed by atoms with Gasteiger partial charge in [0, 0.05) is 23.5 Å². The van der Waals surface area contributed by atoms with E-state index < -0.39 is 5.60 Å². The summed E-state index contributed by atoms with van der Waals surface area (Å²) in [5.41, 5.74) is 3.18. The molecule has 0 bridgehead atoms. The molecule has 4 atom stereocenters. The number of aryl methyl sites for hydroxylation is 1. The number of ether oxygens (including phenoxy) is 3. The molecule has 5 heteroatoms. The van der Waals surface area contributed by atoms with Crippen molar-refractivity contribution in [1.29, 1.82) is 0 Å². The van der Waals surface area contributed by atoms with Crippen molar-refractivity contribution in [2.45, 2.75) is 57.2 Å².